The Morgan fingerprint density at radius 1 is 0.788 bits per heavy atom. The first-order chi connectivity index (χ1) is 16.0. The van der Waals surface area contributed by atoms with Crippen LogP contribution in [0, 0.1) is 0 Å². The van der Waals surface area contributed by atoms with Crippen LogP contribution in [0.25, 0.3) is 21.9 Å². The van der Waals surface area contributed by atoms with Crippen molar-refractivity contribution in [2.75, 3.05) is 5.32 Å². The van der Waals surface area contributed by atoms with E-state index in [4.69, 9.17) is 0 Å². The zero-order valence-electron chi connectivity index (χ0n) is 18.7. The number of carboxylic acid groups (broad SMARTS) is 1. The van der Waals surface area contributed by atoms with Crippen LogP contribution in [-0.4, -0.2) is 17.0 Å². The number of hydrogen-bond donors (Lipinski definition) is 2. The van der Waals surface area contributed by atoms with Gasteiger partial charge in [-0.25, -0.2) is 4.79 Å². The van der Waals surface area contributed by atoms with Gasteiger partial charge in [0.05, 0.1) is 17.7 Å². The van der Waals surface area contributed by atoms with Crippen LogP contribution in [0.2, 0.25) is 0 Å². The second kappa shape index (κ2) is 10.1. The van der Waals surface area contributed by atoms with Crippen molar-refractivity contribution in [1.29, 1.82) is 0 Å². The zero-order valence-corrected chi connectivity index (χ0v) is 18.7. The summed E-state index contributed by atoms with van der Waals surface area (Å²) in [6.07, 6.45) is 3.66. The Morgan fingerprint density at radius 2 is 1.36 bits per heavy atom. The molecule has 0 spiro atoms. The molecule has 33 heavy (non-hydrogen) atoms. The minimum Gasteiger partial charge on any atom is -0.478 e. The Hall–Kier alpha value is -3.92. The molecule has 4 rings (SSSR count). The maximum absolute atomic E-state index is 12.7. The molecule has 0 unspecified atom stereocenters. The van der Waals surface area contributed by atoms with Crippen LogP contribution in [0.3, 0.4) is 0 Å². The van der Waals surface area contributed by atoms with E-state index < -0.39 is 5.97 Å². The molecule has 166 valence electrons. The summed E-state index contributed by atoms with van der Waals surface area (Å²) in [4.78, 5) is 24.4. The van der Waals surface area contributed by atoms with Gasteiger partial charge in [-0.3, -0.25) is 4.79 Å². The average Bonchev–Trinajstić information content (AvgIpc) is 2.83. The Labute approximate surface area is 193 Å². The molecule has 2 N–H and O–H groups in total. The number of amides is 1. The smallest absolute Gasteiger partial charge is 0.337 e. The number of aryl methyl sites for hydroxylation is 1. The Balaban J connectivity index is 1.45. The lowest BCUT2D eigenvalue weighted by atomic mass is 10.00. The molecule has 4 nitrogen and oxygen atoms in total. The Kier molecular flexibility index (Phi) is 6.84. The SMILES string of the molecule is CCCCc1ccc(-c2ccc(CC(=O)Nc3cc4ccccc4cc3C(=O)O)cc2)cc1. The third-order valence-electron chi connectivity index (χ3n) is 5.82. The highest BCUT2D eigenvalue weighted by atomic mass is 16.4. The number of carbonyl (C=O) groups excluding carboxylic acids is 1. The lowest BCUT2D eigenvalue weighted by molar-refractivity contribution is -0.115. The maximum atomic E-state index is 12.7. The normalized spacial score (nSPS) is 10.8. The molecular formula is C29H27NO3. The lowest BCUT2D eigenvalue weighted by Crippen LogP contribution is -2.16. The largest absolute Gasteiger partial charge is 0.478 e. The molecule has 0 aromatic heterocycles. The van der Waals surface area contributed by atoms with Crippen molar-refractivity contribution in [2.45, 2.75) is 32.6 Å². The van der Waals surface area contributed by atoms with E-state index in [2.05, 4.69) is 36.5 Å². The Bertz CT molecular complexity index is 1270. The highest BCUT2D eigenvalue weighted by molar-refractivity contribution is 6.05. The van der Waals surface area contributed by atoms with Crippen molar-refractivity contribution in [3.63, 3.8) is 0 Å². The fourth-order valence-electron chi connectivity index (χ4n) is 3.96. The van der Waals surface area contributed by atoms with Crippen LogP contribution in [0.15, 0.2) is 84.9 Å². The molecule has 0 saturated heterocycles. The molecule has 0 aliphatic heterocycles. The van der Waals surface area contributed by atoms with E-state index in [9.17, 15) is 14.7 Å². The molecule has 4 aromatic carbocycles. The molecule has 0 saturated carbocycles. The van der Waals surface area contributed by atoms with Crippen molar-refractivity contribution < 1.29 is 14.7 Å². The maximum Gasteiger partial charge on any atom is 0.337 e. The summed E-state index contributed by atoms with van der Waals surface area (Å²) in [7, 11) is 0. The number of rotatable bonds is 8. The number of aromatic carboxylic acids is 1. The molecule has 0 radical (unpaired) electrons. The molecule has 0 heterocycles. The molecule has 0 bridgehead atoms. The molecule has 0 atom stereocenters. The van der Waals surface area contributed by atoms with Crippen molar-refractivity contribution >= 4 is 28.3 Å². The summed E-state index contributed by atoms with van der Waals surface area (Å²) >= 11 is 0. The molecule has 4 heteroatoms. The molecular weight excluding hydrogens is 410 g/mol. The number of nitrogens with one attached hydrogen (secondary N) is 1. The quantitative estimate of drug-likeness (QED) is 0.321. The van der Waals surface area contributed by atoms with Gasteiger partial charge >= 0.3 is 5.97 Å². The standard InChI is InChI=1S/C29H27NO3/c1-2-3-6-20-9-13-22(14-10-20)23-15-11-21(12-16-23)17-28(31)30-27-19-25-8-5-4-7-24(25)18-26(27)29(32)33/h4-5,7-16,18-19H,2-3,6,17H2,1H3,(H,30,31)(H,32,33). The predicted octanol–water partition coefficient (Wildman–Crippen LogP) is 6.73. The van der Waals surface area contributed by atoms with E-state index in [-0.39, 0.29) is 17.9 Å². The van der Waals surface area contributed by atoms with Crippen LogP contribution < -0.4 is 5.32 Å². The fourth-order valence-corrected chi connectivity index (χ4v) is 3.96. The van der Waals surface area contributed by atoms with Crippen molar-refractivity contribution in [3.05, 3.63) is 102 Å². The van der Waals surface area contributed by atoms with E-state index in [1.54, 1.807) is 12.1 Å². The van der Waals surface area contributed by atoms with E-state index in [0.717, 1.165) is 33.9 Å². The third-order valence-corrected chi connectivity index (χ3v) is 5.82. The van der Waals surface area contributed by atoms with Gasteiger partial charge in [0.1, 0.15) is 0 Å². The van der Waals surface area contributed by atoms with Crippen LogP contribution in [-0.2, 0) is 17.6 Å². The molecule has 0 aliphatic carbocycles. The number of unbranched alkanes of at least 4 members (excludes halogenated alkanes) is 1. The minimum absolute atomic E-state index is 0.0831. The average molecular weight is 438 g/mol. The van der Waals surface area contributed by atoms with Crippen molar-refractivity contribution in [1.82, 2.24) is 0 Å². The summed E-state index contributed by atoms with van der Waals surface area (Å²) in [6.45, 7) is 2.20. The number of hydrogen-bond acceptors (Lipinski definition) is 2. The lowest BCUT2D eigenvalue weighted by Gasteiger charge is -2.11. The first-order valence-electron chi connectivity index (χ1n) is 11.3. The molecule has 0 fully saturated rings. The molecule has 1 amide bonds. The van der Waals surface area contributed by atoms with E-state index >= 15 is 0 Å². The highest BCUT2D eigenvalue weighted by Gasteiger charge is 2.14. The predicted molar refractivity (Wildman–Crippen MR) is 134 cm³/mol. The van der Waals surface area contributed by atoms with Gasteiger partial charge in [-0.15, -0.1) is 0 Å². The minimum atomic E-state index is -1.07. The van der Waals surface area contributed by atoms with Gasteiger partial charge in [0, 0.05) is 0 Å². The fraction of sp³-hybridized carbons (Fsp3) is 0.172. The summed E-state index contributed by atoms with van der Waals surface area (Å²) in [5.41, 5.74) is 4.86. The van der Waals surface area contributed by atoms with Gasteiger partial charge in [-0.1, -0.05) is 86.1 Å². The van der Waals surface area contributed by atoms with Crippen LogP contribution in [0.1, 0.15) is 41.3 Å². The second-order valence-corrected chi connectivity index (χ2v) is 8.27. The van der Waals surface area contributed by atoms with Crippen molar-refractivity contribution in [2.24, 2.45) is 0 Å². The third kappa shape index (κ3) is 5.47. The summed E-state index contributed by atoms with van der Waals surface area (Å²) in [6, 6.07) is 27.3. The summed E-state index contributed by atoms with van der Waals surface area (Å²) in [5.74, 6) is -1.32. The first-order valence-corrected chi connectivity index (χ1v) is 11.3. The second-order valence-electron chi connectivity index (χ2n) is 8.27. The molecule has 4 aromatic rings. The number of fused-ring (bicyclic) bond motifs is 1. The first kappa shape index (κ1) is 22.3. The van der Waals surface area contributed by atoms with Gasteiger partial charge in [0.2, 0.25) is 5.91 Å². The van der Waals surface area contributed by atoms with Gasteiger partial charge in [0.15, 0.2) is 0 Å². The zero-order chi connectivity index (χ0) is 23.2. The number of benzene rings is 4. The summed E-state index contributed by atoms with van der Waals surface area (Å²) in [5, 5.41) is 14.1. The highest BCUT2D eigenvalue weighted by Crippen LogP contribution is 2.25. The molecule has 0 aliphatic rings. The van der Waals surface area contributed by atoms with Gasteiger partial charge in [0.25, 0.3) is 0 Å². The van der Waals surface area contributed by atoms with E-state index in [0.29, 0.717) is 5.69 Å². The monoisotopic (exact) mass is 437 g/mol. The van der Waals surface area contributed by atoms with Gasteiger partial charge in [-0.05, 0) is 58.0 Å². The topological polar surface area (TPSA) is 66.4 Å². The number of carbonyl (C=O) groups is 2. The van der Waals surface area contributed by atoms with Gasteiger partial charge < -0.3 is 10.4 Å². The van der Waals surface area contributed by atoms with Crippen LogP contribution >= 0.6 is 0 Å². The van der Waals surface area contributed by atoms with Crippen molar-refractivity contribution in [3.8, 4) is 11.1 Å². The van der Waals surface area contributed by atoms with E-state index in [1.807, 2.05) is 48.5 Å². The number of carboxylic acids is 1. The van der Waals surface area contributed by atoms with Gasteiger partial charge in [-0.2, -0.15) is 0 Å². The summed E-state index contributed by atoms with van der Waals surface area (Å²) < 4.78 is 0. The Morgan fingerprint density at radius 3 is 1.94 bits per heavy atom. The number of anilines is 1. The van der Waals surface area contributed by atoms with E-state index in [1.165, 1.54) is 18.4 Å². The van der Waals surface area contributed by atoms with Crippen LogP contribution in [0.4, 0.5) is 5.69 Å². The van der Waals surface area contributed by atoms with Crippen LogP contribution in [0.5, 0.6) is 0 Å².